The van der Waals surface area contributed by atoms with E-state index < -0.39 is 0 Å². The molecule has 0 atom stereocenters. The van der Waals surface area contributed by atoms with Gasteiger partial charge in [0.25, 0.3) is 0 Å². The van der Waals surface area contributed by atoms with Gasteiger partial charge in [0.1, 0.15) is 0 Å². The number of aromatic nitrogens is 2. The zero-order valence-electron chi connectivity index (χ0n) is 3.13. The number of imidazole rings is 1. The fourth-order valence-electron chi connectivity index (χ4n) is 0.259. The van der Waals surface area contributed by atoms with E-state index in [-0.39, 0.29) is 0 Å². The molecule has 0 N–H and O–H groups in total. The summed E-state index contributed by atoms with van der Waals surface area (Å²) in [6.07, 6.45) is 5.17. The Kier molecular flexibility index (Phi) is 0.758. The van der Waals surface area contributed by atoms with Crippen LogP contribution in [0.3, 0.4) is 0 Å². The number of rotatable bonds is 0. The van der Waals surface area contributed by atoms with Crippen molar-refractivity contribution in [3.8, 4) is 0 Å². The van der Waals surface area contributed by atoms with Gasteiger partial charge in [-0.15, -0.1) is 0 Å². The van der Waals surface area contributed by atoms with Gasteiger partial charge in [-0.2, -0.15) is 0 Å². The molecule has 0 saturated heterocycles. The molecule has 3 radical (unpaired) electrons. The van der Waals surface area contributed by atoms with Crippen molar-refractivity contribution in [1.82, 2.24) is 9.22 Å². The van der Waals surface area contributed by atoms with E-state index in [0.717, 1.165) is 0 Å². The van der Waals surface area contributed by atoms with E-state index in [0.29, 0.717) is 0 Å². The SMILES string of the molecule is [Si]n1ccnc1. The second kappa shape index (κ2) is 1.26. The largest absolute Gasteiger partial charge is 0.366 e. The van der Waals surface area contributed by atoms with Gasteiger partial charge in [0, 0.05) is 12.4 Å². The molecule has 0 amide bonds. The second-order valence-corrected chi connectivity index (χ2v) is 1.49. The van der Waals surface area contributed by atoms with E-state index in [2.05, 4.69) is 15.4 Å². The minimum absolute atomic E-state index is 1.66. The molecule has 1 aromatic heterocycles. The molecule has 3 heteroatoms. The van der Waals surface area contributed by atoms with Crippen LogP contribution in [-0.2, 0) is 0 Å². The van der Waals surface area contributed by atoms with Crippen molar-refractivity contribution in [2.75, 3.05) is 0 Å². The zero-order chi connectivity index (χ0) is 4.41. The Labute approximate surface area is 39.3 Å². The van der Waals surface area contributed by atoms with E-state index in [1.165, 1.54) is 0 Å². The fraction of sp³-hybridized carbons (Fsp3) is 0. The monoisotopic (exact) mass is 95.0 g/mol. The molecule has 0 aromatic carbocycles. The van der Waals surface area contributed by atoms with Crippen LogP contribution in [0.2, 0.25) is 0 Å². The summed E-state index contributed by atoms with van der Waals surface area (Å²) in [5.41, 5.74) is 0. The van der Waals surface area contributed by atoms with Crippen LogP contribution in [0.1, 0.15) is 0 Å². The predicted molar refractivity (Wildman–Crippen MR) is 23.4 cm³/mol. The van der Waals surface area contributed by atoms with E-state index in [9.17, 15) is 0 Å². The topological polar surface area (TPSA) is 17.8 Å². The van der Waals surface area contributed by atoms with E-state index >= 15 is 0 Å². The zero-order valence-corrected chi connectivity index (χ0v) is 4.13. The predicted octanol–water partition coefficient (Wildman–Crippen LogP) is -0.185. The summed E-state index contributed by atoms with van der Waals surface area (Å²) in [6.45, 7) is 0. The normalized spacial score (nSPS) is 8.83. The van der Waals surface area contributed by atoms with E-state index in [1.54, 1.807) is 23.0 Å². The fourth-order valence-corrected chi connectivity index (χ4v) is 0.392. The smallest absolute Gasteiger partial charge is 0.196 e. The Morgan fingerprint density at radius 2 is 2.50 bits per heavy atom. The molecule has 29 valence electrons. The van der Waals surface area contributed by atoms with Crippen LogP contribution in [0.5, 0.6) is 0 Å². The molecule has 0 bridgehead atoms. The van der Waals surface area contributed by atoms with Crippen LogP contribution in [0.15, 0.2) is 18.7 Å². The molecular formula is C3H3N2Si. The molecular weight excluding hydrogens is 92.1 g/mol. The van der Waals surface area contributed by atoms with Crippen molar-refractivity contribution in [3.63, 3.8) is 0 Å². The molecule has 0 aliphatic carbocycles. The molecule has 0 fully saturated rings. The number of hydrogen-bond donors (Lipinski definition) is 0. The summed E-state index contributed by atoms with van der Waals surface area (Å²) in [6, 6.07) is 0. The Morgan fingerprint density at radius 1 is 1.67 bits per heavy atom. The van der Waals surface area contributed by atoms with Gasteiger partial charge < -0.3 is 4.23 Å². The van der Waals surface area contributed by atoms with Crippen molar-refractivity contribution in [3.05, 3.63) is 18.7 Å². The Hall–Kier alpha value is -0.573. The Morgan fingerprint density at radius 3 is 2.67 bits per heavy atom. The number of nitrogens with zero attached hydrogens (tertiary/aromatic N) is 2. The van der Waals surface area contributed by atoms with Gasteiger partial charge in [-0.1, -0.05) is 0 Å². The van der Waals surface area contributed by atoms with Gasteiger partial charge in [-0.05, 0) is 0 Å². The first-order chi connectivity index (χ1) is 2.89. The van der Waals surface area contributed by atoms with Gasteiger partial charge in [0.15, 0.2) is 10.4 Å². The first-order valence-corrected chi connectivity index (χ1v) is 2.04. The maximum absolute atomic E-state index is 3.74. The maximum Gasteiger partial charge on any atom is 0.196 e. The standard InChI is InChI=1S/C3H3N2Si/c6-5-2-1-4-3-5/h1-3H. The molecule has 0 spiro atoms. The first kappa shape index (κ1) is 3.61. The molecule has 0 saturated carbocycles. The minimum atomic E-state index is 1.66. The summed E-state index contributed by atoms with van der Waals surface area (Å²) in [5.74, 6) is 0. The van der Waals surface area contributed by atoms with Crippen LogP contribution >= 0.6 is 0 Å². The summed E-state index contributed by atoms with van der Waals surface area (Å²) in [5, 5.41) is 0. The lowest BCUT2D eigenvalue weighted by molar-refractivity contribution is 1.21. The third kappa shape index (κ3) is 0.489. The molecule has 0 aliphatic rings. The number of hydrogen-bond acceptors (Lipinski definition) is 1. The highest BCUT2D eigenvalue weighted by Gasteiger charge is 1.70. The van der Waals surface area contributed by atoms with Crippen LogP contribution in [0.4, 0.5) is 0 Å². The van der Waals surface area contributed by atoms with Crippen LogP contribution in [-0.4, -0.2) is 19.6 Å². The molecule has 1 aromatic rings. The van der Waals surface area contributed by atoms with Crippen LogP contribution in [0, 0.1) is 0 Å². The van der Waals surface area contributed by atoms with Gasteiger partial charge in [-0.25, -0.2) is 4.98 Å². The van der Waals surface area contributed by atoms with Crippen molar-refractivity contribution in [2.24, 2.45) is 0 Å². The molecule has 2 nitrogen and oxygen atoms in total. The van der Waals surface area contributed by atoms with Gasteiger partial charge in [0.2, 0.25) is 0 Å². The lowest BCUT2D eigenvalue weighted by Crippen LogP contribution is -1.81. The lowest BCUT2D eigenvalue weighted by atomic mass is 11.0. The highest BCUT2D eigenvalue weighted by atomic mass is 28.2. The lowest BCUT2D eigenvalue weighted by Gasteiger charge is -1.75. The summed E-state index contributed by atoms with van der Waals surface area (Å²) in [4.78, 5) is 3.74. The third-order valence-corrected chi connectivity index (χ3v) is 0.769. The average Bonchev–Trinajstić information content (AvgIpc) is 1.86. The van der Waals surface area contributed by atoms with Crippen molar-refractivity contribution in [2.45, 2.75) is 0 Å². The summed E-state index contributed by atoms with van der Waals surface area (Å²) in [7, 11) is 3.18. The van der Waals surface area contributed by atoms with E-state index in [1.807, 2.05) is 0 Å². The first-order valence-electron chi connectivity index (χ1n) is 1.59. The van der Waals surface area contributed by atoms with E-state index in [4.69, 9.17) is 0 Å². The van der Waals surface area contributed by atoms with Crippen molar-refractivity contribution in [1.29, 1.82) is 0 Å². The summed E-state index contributed by atoms with van der Waals surface area (Å²) < 4.78 is 1.69. The minimum Gasteiger partial charge on any atom is -0.366 e. The highest BCUT2D eigenvalue weighted by Crippen LogP contribution is 1.72. The van der Waals surface area contributed by atoms with Crippen LogP contribution in [0.25, 0.3) is 0 Å². The Bertz CT molecular complexity index is 112. The van der Waals surface area contributed by atoms with Gasteiger partial charge >= 0.3 is 0 Å². The molecule has 1 rings (SSSR count). The summed E-state index contributed by atoms with van der Waals surface area (Å²) >= 11 is 0. The average molecular weight is 95.2 g/mol. The van der Waals surface area contributed by atoms with Gasteiger partial charge in [-0.3, -0.25) is 0 Å². The Balaban J connectivity index is 3.05. The van der Waals surface area contributed by atoms with Crippen LogP contribution < -0.4 is 0 Å². The molecule has 1 heterocycles. The molecule has 0 aliphatic heterocycles. The van der Waals surface area contributed by atoms with Gasteiger partial charge in [0.05, 0.1) is 6.33 Å². The van der Waals surface area contributed by atoms with Crippen molar-refractivity contribution >= 4 is 10.4 Å². The van der Waals surface area contributed by atoms with Crippen molar-refractivity contribution < 1.29 is 0 Å². The quantitative estimate of drug-likeness (QED) is 0.408. The maximum atomic E-state index is 3.74. The molecule has 0 unspecified atom stereocenters. The highest BCUT2D eigenvalue weighted by molar-refractivity contribution is 6.06. The third-order valence-electron chi connectivity index (χ3n) is 0.504. The molecule has 6 heavy (non-hydrogen) atoms. The second-order valence-electron chi connectivity index (χ2n) is 0.970.